The summed E-state index contributed by atoms with van der Waals surface area (Å²) in [6, 6.07) is 12.0. The molecule has 0 saturated heterocycles. The molecule has 2 aromatic rings. The van der Waals surface area contributed by atoms with Crippen LogP contribution in [0.5, 0.6) is 0 Å². The highest BCUT2D eigenvalue weighted by Crippen LogP contribution is 2.36. The highest BCUT2D eigenvalue weighted by Gasteiger charge is 2.26. The van der Waals surface area contributed by atoms with E-state index in [-0.39, 0.29) is 24.6 Å². The van der Waals surface area contributed by atoms with Crippen LogP contribution in [0.1, 0.15) is 21.5 Å². The molecule has 0 aromatic heterocycles. The normalized spacial score (nSPS) is 13.1. The van der Waals surface area contributed by atoms with Gasteiger partial charge in [0.1, 0.15) is 6.04 Å². The number of hydrogen-bond acceptors (Lipinski definition) is 3. The molecule has 0 heterocycles. The third-order valence-electron chi connectivity index (χ3n) is 3.56. The van der Waals surface area contributed by atoms with Gasteiger partial charge in [-0.25, -0.2) is 0 Å². The third-order valence-corrected chi connectivity index (χ3v) is 3.56. The number of nitrogens with two attached hydrogens (primary N) is 1. The molecule has 0 aliphatic heterocycles. The summed E-state index contributed by atoms with van der Waals surface area (Å²) in [5.74, 6) is -1.05. The van der Waals surface area contributed by atoms with Crippen LogP contribution in [-0.2, 0) is 11.2 Å². The molecular weight excluding hydrogens is 290 g/mol. The number of fused-ring (bicyclic) bond motifs is 3. The lowest BCUT2D eigenvalue weighted by atomic mass is 9.99. The van der Waals surface area contributed by atoms with Crippen molar-refractivity contribution in [1.82, 2.24) is 0 Å². The van der Waals surface area contributed by atoms with Crippen LogP contribution in [0.3, 0.4) is 0 Å². The fourth-order valence-electron chi connectivity index (χ4n) is 2.54. The number of carboxylic acids is 1. The number of carboxylic acid groups (broad SMARTS) is 1. The molecule has 0 spiro atoms. The number of carbonyl (C=O) groups excluding carboxylic acids is 1. The zero-order valence-electron chi connectivity index (χ0n) is 11.1. The monoisotopic (exact) mass is 303 g/mol. The Morgan fingerprint density at radius 2 is 1.67 bits per heavy atom. The van der Waals surface area contributed by atoms with Crippen LogP contribution in [0.4, 0.5) is 0 Å². The average molecular weight is 304 g/mol. The van der Waals surface area contributed by atoms with Crippen molar-refractivity contribution in [2.24, 2.45) is 5.73 Å². The molecule has 108 valence electrons. The van der Waals surface area contributed by atoms with Crippen LogP contribution in [0.2, 0.25) is 0 Å². The standard InChI is InChI=1S/C16H13NO3.ClH/c17-14(16(19)20)8-9-5-6-11-10-3-1-2-4-12(10)15(18)13(11)7-9;/h1-7,14H,8,17H2,(H,19,20);1H. The van der Waals surface area contributed by atoms with E-state index in [1.54, 1.807) is 12.1 Å². The summed E-state index contributed by atoms with van der Waals surface area (Å²) in [6.07, 6.45) is 0.215. The van der Waals surface area contributed by atoms with E-state index in [0.717, 1.165) is 16.7 Å². The van der Waals surface area contributed by atoms with Crippen molar-refractivity contribution in [2.75, 3.05) is 0 Å². The predicted octanol–water partition coefficient (Wildman–Crippen LogP) is 2.27. The number of halogens is 1. The van der Waals surface area contributed by atoms with Crippen LogP contribution < -0.4 is 5.73 Å². The van der Waals surface area contributed by atoms with Gasteiger partial charge < -0.3 is 10.8 Å². The van der Waals surface area contributed by atoms with E-state index in [0.29, 0.717) is 11.1 Å². The Kier molecular flexibility index (Phi) is 4.11. The predicted molar refractivity (Wildman–Crippen MR) is 81.9 cm³/mol. The lowest BCUT2D eigenvalue weighted by Crippen LogP contribution is -2.32. The van der Waals surface area contributed by atoms with Crippen molar-refractivity contribution >= 4 is 24.2 Å². The van der Waals surface area contributed by atoms with Gasteiger partial charge in [-0.2, -0.15) is 0 Å². The molecule has 0 amide bonds. The lowest BCUT2D eigenvalue weighted by Gasteiger charge is -2.08. The van der Waals surface area contributed by atoms with Gasteiger partial charge >= 0.3 is 5.97 Å². The molecule has 0 saturated carbocycles. The fraction of sp³-hybridized carbons (Fsp3) is 0.125. The third kappa shape index (κ3) is 2.55. The number of hydrogen-bond donors (Lipinski definition) is 2. The highest BCUT2D eigenvalue weighted by atomic mass is 35.5. The second-order valence-electron chi connectivity index (χ2n) is 4.90. The minimum atomic E-state index is -1.04. The van der Waals surface area contributed by atoms with Crippen LogP contribution >= 0.6 is 12.4 Å². The van der Waals surface area contributed by atoms with E-state index in [4.69, 9.17) is 10.8 Å². The maximum atomic E-state index is 12.3. The summed E-state index contributed by atoms with van der Waals surface area (Å²) in [5, 5.41) is 8.84. The average Bonchev–Trinajstić information content (AvgIpc) is 2.73. The van der Waals surface area contributed by atoms with E-state index in [1.807, 2.05) is 30.3 Å². The summed E-state index contributed by atoms with van der Waals surface area (Å²) in [5.41, 5.74) is 9.45. The Hall–Kier alpha value is -2.17. The molecule has 1 aliphatic rings. The summed E-state index contributed by atoms with van der Waals surface area (Å²) in [4.78, 5) is 23.1. The van der Waals surface area contributed by atoms with E-state index in [9.17, 15) is 9.59 Å². The topological polar surface area (TPSA) is 80.4 Å². The van der Waals surface area contributed by atoms with Gasteiger partial charge in [0, 0.05) is 11.1 Å². The molecule has 0 fully saturated rings. The molecule has 3 rings (SSSR count). The number of benzene rings is 2. The summed E-state index contributed by atoms with van der Waals surface area (Å²) in [6.45, 7) is 0. The number of carbonyl (C=O) groups is 2. The molecule has 1 unspecified atom stereocenters. The molecule has 0 radical (unpaired) electrons. The molecule has 2 aromatic carbocycles. The smallest absolute Gasteiger partial charge is 0.320 e. The molecule has 4 nitrogen and oxygen atoms in total. The van der Waals surface area contributed by atoms with E-state index in [2.05, 4.69) is 0 Å². The van der Waals surface area contributed by atoms with Gasteiger partial charge in [-0.15, -0.1) is 12.4 Å². The van der Waals surface area contributed by atoms with Crippen LogP contribution in [0, 0.1) is 0 Å². The summed E-state index contributed by atoms with van der Waals surface area (Å²) < 4.78 is 0. The number of aliphatic carboxylic acids is 1. The van der Waals surface area contributed by atoms with E-state index < -0.39 is 12.0 Å². The summed E-state index contributed by atoms with van der Waals surface area (Å²) >= 11 is 0. The van der Waals surface area contributed by atoms with Gasteiger partial charge in [0.2, 0.25) is 0 Å². The van der Waals surface area contributed by atoms with Crippen LogP contribution in [0.15, 0.2) is 42.5 Å². The number of ketones is 1. The first kappa shape index (κ1) is 15.2. The second kappa shape index (κ2) is 5.68. The molecule has 1 atom stereocenters. The van der Waals surface area contributed by atoms with Gasteiger partial charge in [-0.1, -0.05) is 36.4 Å². The zero-order valence-corrected chi connectivity index (χ0v) is 11.9. The quantitative estimate of drug-likeness (QED) is 0.778. The van der Waals surface area contributed by atoms with Crippen molar-refractivity contribution in [2.45, 2.75) is 12.5 Å². The van der Waals surface area contributed by atoms with Gasteiger partial charge in [0.05, 0.1) is 0 Å². The minimum Gasteiger partial charge on any atom is -0.480 e. The molecule has 0 bridgehead atoms. The van der Waals surface area contributed by atoms with Crippen LogP contribution in [0.25, 0.3) is 11.1 Å². The Morgan fingerprint density at radius 1 is 1.05 bits per heavy atom. The summed E-state index contributed by atoms with van der Waals surface area (Å²) in [7, 11) is 0. The van der Waals surface area contributed by atoms with Gasteiger partial charge in [0.15, 0.2) is 5.78 Å². The van der Waals surface area contributed by atoms with Crippen LogP contribution in [-0.4, -0.2) is 22.9 Å². The van der Waals surface area contributed by atoms with Gasteiger partial charge in [-0.3, -0.25) is 9.59 Å². The molecular formula is C16H14ClNO3. The largest absolute Gasteiger partial charge is 0.480 e. The SMILES string of the molecule is Cl.NC(Cc1ccc2c(c1)C(=O)c1ccccc1-2)C(=O)O. The van der Waals surface area contributed by atoms with E-state index >= 15 is 0 Å². The van der Waals surface area contributed by atoms with E-state index in [1.165, 1.54) is 0 Å². The maximum Gasteiger partial charge on any atom is 0.320 e. The van der Waals surface area contributed by atoms with Crippen molar-refractivity contribution in [3.63, 3.8) is 0 Å². The van der Waals surface area contributed by atoms with Crippen molar-refractivity contribution in [3.05, 3.63) is 59.2 Å². The number of rotatable bonds is 3. The Bertz CT molecular complexity index is 727. The Morgan fingerprint density at radius 3 is 2.33 bits per heavy atom. The Labute approximate surface area is 128 Å². The molecule has 1 aliphatic carbocycles. The molecule has 3 N–H and O–H groups in total. The van der Waals surface area contributed by atoms with Crippen molar-refractivity contribution in [1.29, 1.82) is 0 Å². The molecule has 5 heteroatoms. The second-order valence-corrected chi connectivity index (χ2v) is 4.90. The first-order valence-corrected chi connectivity index (χ1v) is 6.33. The zero-order chi connectivity index (χ0) is 14.3. The van der Waals surface area contributed by atoms with Gasteiger partial charge in [-0.05, 0) is 29.2 Å². The Balaban J connectivity index is 0.00000161. The minimum absolute atomic E-state index is 0. The van der Waals surface area contributed by atoms with Crippen molar-refractivity contribution < 1.29 is 14.7 Å². The maximum absolute atomic E-state index is 12.3. The fourth-order valence-corrected chi connectivity index (χ4v) is 2.54. The van der Waals surface area contributed by atoms with Crippen molar-refractivity contribution in [3.8, 4) is 11.1 Å². The highest BCUT2D eigenvalue weighted by molar-refractivity contribution is 6.21. The lowest BCUT2D eigenvalue weighted by molar-refractivity contribution is -0.138. The molecule has 21 heavy (non-hydrogen) atoms. The first-order valence-electron chi connectivity index (χ1n) is 6.33. The first-order chi connectivity index (χ1) is 9.58. The van der Waals surface area contributed by atoms with Gasteiger partial charge in [0.25, 0.3) is 0 Å².